The molecule has 0 aliphatic heterocycles. The molecular formula is C9H8ClF2NO. The van der Waals surface area contributed by atoms with Crippen molar-refractivity contribution in [1.82, 2.24) is 0 Å². The van der Waals surface area contributed by atoms with Crippen LogP contribution in [0.5, 0.6) is 0 Å². The zero-order valence-electron chi connectivity index (χ0n) is 7.14. The maximum atomic E-state index is 12.8. The lowest BCUT2D eigenvalue weighted by Crippen LogP contribution is -2.37. The van der Waals surface area contributed by atoms with Crippen LogP contribution in [-0.4, -0.2) is 11.8 Å². The Morgan fingerprint density at radius 3 is 2.29 bits per heavy atom. The number of benzene rings is 1. The van der Waals surface area contributed by atoms with Gasteiger partial charge in [-0.1, -0.05) is 23.7 Å². The molecule has 0 heterocycles. The van der Waals surface area contributed by atoms with E-state index in [1.165, 1.54) is 24.3 Å². The van der Waals surface area contributed by atoms with Crippen LogP contribution in [0.1, 0.15) is 5.56 Å². The van der Waals surface area contributed by atoms with Gasteiger partial charge in [0.25, 0.3) is 5.91 Å². The molecule has 0 spiro atoms. The second-order valence-corrected chi connectivity index (χ2v) is 3.31. The molecule has 1 amide bonds. The summed E-state index contributed by atoms with van der Waals surface area (Å²) in [6.07, 6.45) is -0.695. The Balaban J connectivity index is 2.79. The van der Waals surface area contributed by atoms with Crippen LogP contribution in [0, 0.1) is 0 Å². The second kappa shape index (κ2) is 3.92. The molecule has 1 aromatic rings. The number of hydrogen-bond donors (Lipinski definition) is 1. The Hall–Kier alpha value is -1.16. The van der Waals surface area contributed by atoms with E-state index in [1.807, 2.05) is 0 Å². The minimum Gasteiger partial charge on any atom is -0.364 e. The molecule has 0 aliphatic carbocycles. The quantitative estimate of drug-likeness (QED) is 0.830. The second-order valence-electron chi connectivity index (χ2n) is 2.87. The van der Waals surface area contributed by atoms with E-state index >= 15 is 0 Å². The number of amides is 1. The van der Waals surface area contributed by atoms with Crippen molar-refractivity contribution >= 4 is 17.5 Å². The molecule has 0 saturated heterocycles. The Labute approximate surface area is 84.7 Å². The molecular weight excluding hydrogens is 212 g/mol. The maximum absolute atomic E-state index is 12.8. The van der Waals surface area contributed by atoms with Crippen molar-refractivity contribution in [3.8, 4) is 0 Å². The third-order valence-corrected chi connectivity index (χ3v) is 1.95. The number of nitrogens with two attached hydrogens (primary N) is 1. The summed E-state index contributed by atoms with van der Waals surface area (Å²) in [5, 5.41) is 0.455. The standard InChI is InChI=1S/C9H8ClF2NO/c10-7-3-1-6(2-4-7)5-9(11,12)8(13)14/h1-4H,5H2,(H2,13,14). The zero-order valence-corrected chi connectivity index (χ0v) is 7.89. The summed E-state index contributed by atoms with van der Waals surface area (Å²) in [5.41, 5.74) is 4.85. The highest BCUT2D eigenvalue weighted by Gasteiger charge is 2.36. The number of carbonyl (C=O) groups excluding carboxylic acids is 1. The molecule has 0 bridgehead atoms. The van der Waals surface area contributed by atoms with Gasteiger partial charge in [0.1, 0.15) is 0 Å². The van der Waals surface area contributed by atoms with E-state index in [9.17, 15) is 13.6 Å². The topological polar surface area (TPSA) is 43.1 Å². The predicted octanol–water partition coefficient (Wildman–Crippen LogP) is 2.00. The van der Waals surface area contributed by atoms with Crippen molar-refractivity contribution in [2.24, 2.45) is 5.73 Å². The molecule has 0 unspecified atom stereocenters. The van der Waals surface area contributed by atoms with Gasteiger partial charge in [0.05, 0.1) is 0 Å². The van der Waals surface area contributed by atoms with Crippen molar-refractivity contribution in [3.63, 3.8) is 0 Å². The Morgan fingerprint density at radius 2 is 1.86 bits per heavy atom. The molecule has 0 aromatic heterocycles. The molecule has 0 saturated carbocycles. The number of alkyl halides is 2. The van der Waals surface area contributed by atoms with E-state index in [1.54, 1.807) is 0 Å². The summed E-state index contributed by atoms with van der Waals surface area (Å²) in [6.45, 7) is 0. The summed E-state index contributed by atoms with van der Waals surface area (Å²) < 4.78 is 25.7. The average molecular weight is 220 g/mol. The molecule has 0 atom stereocenters. The molecule has 14 heavy (non-hydrogen) atoms. The molecule has 2 N–H and O–H groups in total. The fourth-order valence-corrected chi connectivity index (χ4v) is 1.07. The van der Waals surface area contributed by atoms with E-state index in [-0.39, 0.29) is 0 Å². The maximum Gasteiger partial charge on any atom is 0.328 e. The van der Waals surface area contributed by atoms with Gasteiger partial charge in [-0.3, -0.25) is 4.79 Å². The number of carbonyl (C=O) groups is 1. The highest BCUT2D eigenvalue weighted by molar-refractivity contribution is 6.30. The van der Waals surface area contributed by atoms with Crippen LogP contribution in [0.3, 0.4) is 0 Å². The average Bonchev–Trinajstić information content (AvgIpc) is 2.08. The van der Waals surface area contributed by atoms with Crippen molar-refractivity contribution in [2.75, 3.05) is 0 Å². The van der Waals surface area contributed by atoms with Crippen molar-refractivity contribution < 1.29 is 13.6 Å². The molecule has 0 fully saturated rings. The lowest BCUT2D eigenvalue weighted by molar-refractivity contribution is -0.141. The minimum atomic E-state index is -3.51. The summed E-state index contributed by atoms with van der Waals surface area (Å²) in [7, 11) is 0. The Morgan fingerprint density at radius 1 is 1.36 bits per heavy atom. The SMILES string of the molecule is NC(=O)C(F)(F)Cc1ccc(Cl)cc1. The van der Waals surface area contributed by atoms with Gasteiger partial charge in [-0.25, -0.2) is 0 Å². The van der Waals surface area contributed by atoms with Crippen molar-refractivity contribution in [1.29, 1.82) is 0 Å². The molecule has 0 radical (unpaired) electrons. The van der Waals surface area contributed by atoms with E-state index in [4.69, 9.17) is 11.6 Å². The first-order valence-electron chi connectivity index (χ1n) is 3.84. The molecule has 0 aliphatic rings. The first kappa shape index (κ1) is 10.9. The van der Waals surface area contributed by atoms with Crippen LogP contribution in [0.2, 0.25) is 5.02 Å². The van der Waals surface area contributed by atoms with Gasteiger partial charge in [0, 0.05) is 11.4 Å². The summed E-state index contributed by atoms with van der Waals surface area (Å²) in [6, 6.07) is 5.82. The molecule has 76 valence electrons. The minimum absolute atomic E-state index is 0.318. The fraction of sp³-hybridized carbons (Fsp3) is 0.222. The highest BCUT2D eigenvalue weighted by Crippen LogP contribution is 2.20. The normalized spacial score (nSPS) is 11.4. The van der Waals surface area contributed by atoms with Gasteiger partial charge in [0.2, 0.25) is 0 Å². The number of primary amides is 1. The van der Waals surface area contributed by atoms with Gasteiger partial charge in [0.15, 0.2) is 0 Å². The monoisotopic (exact) mass is 219 g/mol. The lowest BCUT2D eigenvalue weighted by atomic mass is 10.1. The molecule has 2 nitrogen and oxygen atoms in total. The Kier molecular flexibility index (Phi) is 3.06. The van der Waals surface area contributed by atoms with Gasteiger partial charge >= 0.3 is 5.92 Å². The van der Waals surface area contributed by atoms with Crippen molar-refractivity contribution in [3.05, 3.63) is 34.9 Å². The summed E-state index contributed by atoms with van der Waals surface area (Å²) >= 11 is 5.57. The number of rotatable bonds is 3. The van der Waals surface area contributed by atoms with Crippen LogP contribution in [-0.2, 0) is 11.2 Å². The largest absolute Gasteiger partial charge is 0.364 e. The van der Waals surface area contributed by atoms with Gasteiger partial charge < -0.3 is 5.73 Å². The van der Waals surface area contributed by atoms with Crippen LogP contribution in [0.25, 0.3) is 0 Å². The van der Waals surface area contributed by atoms with Gasteiger partial charge in [-0.2, -0.15) is 8.78 Å². The molecule has 1 rings (SSSR count). The van der Waals surface area contributed by atoms with Crippen LogP contribution in [0.15, 0.2) is 24.3 Å². The molecule has 5 heteroatoms. The van der Waals surface area contributed by atoms with E-state index < -0.39 is 18.3 Å². The highest BCUT2D eigenvalue weighted by atomic mass is 35.5. The first-order valence-corrected chi connectivity index (χ1v) is 4.22. The number of hydrogen-bond acceptors (Lipinski definition) is 1. The predicted molar refractivity (Wildman–Crippen MR) is 49.3 cm³/mol. The van der Waals surface area contributed by atoms with Crippen LogP contribution >= 0.6 is 11.6 Å². The zero-order chi connectivity index (χ0) is 10.8. The lowest BCUT2D eigenvalue weighted by Gasteiger charge is -2.11. The summed E-state index contributed by atoms with van der Waals surface area (Å²) in [5.74, 6) is -5.12. The van der Waals surface area contributed by atoms with E-state index in [0.717, 1.165) is 0 Å². The van der Waals surface area contributed by atoms with Crippen molar-refractivity contribution in [2.45, 2.75) is 12.3 Å². The Bertz CT molecular complexity index is 337. The van der Waals surface area contributed by atoms with E-state index in [0.29, 0.717) is 10.6 Å². The third-order valence-electron chi connectivity index (χ3n) is 1.70. The fourth-order valence-electron chi connectivity index (χ4n) is 0.946. The van der Waals surface area contributed by atoms with Crippen LogP contribution in [0.4, 0.5) is 8.78 Å². The van der Waals surface area contributed by atoms with Gasteiger partial charge in [-0.15, -0.1) is 0 Å². The van der Waals surface area contributed by atoms with Gasteiger partial charge in [-0.05, 0) is 17.7 Å². The smallest absolute Gasteiger partial charge is 0.328 e. The molecule has 1 aromatic carbocycles. The number of halogens is 3. The van der Waals surface area contributed by atoms with Crippen LogP contribution < -0.4 is 5.73 Å². The van der Waals surface area contributed by atoms with E-state index in [2.05, 4.69) is 5.73 Å². The first-order chi connectivity index (χ1) is 6.42. The summed E-state index contributed by atoms with van der Waals surface area (Å²) in [4.78, 5) is 10.3. The third kappa shape index (κ3) is 2.67.